The third-order valence-electron chi connectivity index (χ3n) is 5.02. The van der Waals surface area contributed by atoms with E-state index in [1.807, 2.05) is 16.7 Å². The molecule has 0 aromatic heterocycles. The summed E-state index contributed by atoms with van der Waals surface area (Å²) in [7, 11) is 0. The van der Waals surface area contributed by atoms with Crippen LogP contribution in [0.1, 0.15) is 33.1 Å². The Morgan fingerprint density at radius 1 is 1.07 bits per heavy atom. The molecule has 2 aliphatic heterocycles. The monoisotopic (exact) mass is 505 g/mol. The molecule has 10 heteroatoms. The maximum Gasteiger partial charge on any atom is 0.403 e. The van der Waals surface area contributed by atoms with Crippen LogP contribution in [-0.4, -0.2) is 91.1 Å². The number of carbonyl (C=O) groups is 1. The minimum atomic E-state index is -4.20. The number of carbonyl (C=O) groups excluding carboxylic acids is 1. The van der Waals surface area contributed by atoms with E-state index in [1.165, 1.54) is 11.8 Å². The first kappa shape index (κ1) is 24.3. The molecule has 2 saturated heterocycles. The molecular weight excluding hydrogens is 474 g/mol. The van der Waals surface area contributed by atoms with Crippen molar-refractivity contribution in [3.63, 3.8) is 0 Å². The number of rotatable bonds is 5. The Bertz CT molecular complexity index is 489. The molecule has 1 atom stereocenters. The summed E-state index contributed by atoms with van der Waals surface area (Å²) >= 11 is 0. The molecule has 0 bridgehead atoms. The summed E-state index contributed by atoms with van der Waals surface area (Å²) in [6, 6.07) is -1.43. The molecule has 2 fully saturated rings. The number of amides is 1. The molecule has 6 nitrogen and oxygen atoms in total. The van der Waals surface area contributed by atoms with Crippen molar-refractivity contribution in [3.05, 3.63) is 0 Å². The summed E-state index contributed by atoms with van der Waals surface area (Å²) in [5.74, 6) is 0.812. The zero-order valence-electron chi connectivity index (χ0n) is 16.1. The summed E-state index contributed by atoms with van der Waals surface area (Å²) in [5.41, 5.74) is 0. The Hall–Kier alpha value is -0.780. The molecule has 1 amide bonds. The molecule has 0 aromatic rings. The fraction of sp³-hybridized carbons (Fsp3) is 0.882. The van der Waals surface area contributed by atoms with E-state index in [4.69, 9.17) is 0 Å². The Balaban J connectivity index is 0.00000364. The van der Waals surface area contributed by atoms with Crippen molar-refractivity contribution in [2.24, 2.45) is 4.99 Å². The first-order valence-electron chi connectivity index (χ1n) is 9.44. The number of guanidine groups is 1. The molecule has 2 aliphatic rings. The van der Waals surface area contributed by atoms with Crippen LogP contribution in [0, 0.1) is 0 Å². The third-order valence-corrected chi connectivity index (χ3v) is 5.02. The predicted molar refractivity (Wildman–Crippen MR) is 110 cm³/mol. The highest BCUT2D eigenvalue weighted by molar-refractivity contribution is 14.0. The molecule has 0 aliphatic carbocycles. The standard InChI is InChI=1S/C17H30F3N5O.HI/c1-3-21-16(22-7-6-15(26)24-8-4-5-9-24)25-12-10-23(11-13-25)14(2)17(18,19)20;/h14H,3-13H2,1-2H3,(H,21,22);1H. The van der Waals surface area contributed by atoms with E-state index in [0.29, 0.717) is 51.6 Å². The van der Waals surface area contributed by atoms with Gasteiger partial charge in [0.15, 0.2) is 5.96 Å². The highest BCUT2D eigenvalue weighted by Crippen LogP contribution is 2.25. The summed E-state index contributed by atoms with van der Waals surface area (Å²) in [4.78, 5) is 21.9. The van der Waals surface area contributed by atoms with Crippen LogP contribution >= 0.6 is 24.0 Å². The third kappa shape index (κ3) is 7.28. The van der Waals surface area contributed by atoms with Crippen LogP contribution in [-0.2, 0) is 4.79 Å². The van der Waals surface area contributed by atoms with Crippen LogP contribution < -0.4 is 5.32 Å². The SMILES string of the molecule is CCNC(=NCCC(=O)N1CCCC1)N1CCN(C(C)C(F)(F)F)CC1.I. The molecule has 0 radical (unpaired) electrons. The average molecular weight is 505 g/mol. The quantitative estimate of drug-likeness (QED) is 0.354. The number of alkyl halides is 3. The van der Waals surface area contributed by atoms with Crippen LogP contribution in [0.2, 0.25) is 0 Å². The zero-order chi connectivity index (χ0) is 19.2. The number of hydrogen-bond donors (Lipinski definition) is 1. The second kappa shape index (κ2) is 11.3. The van der Waals surface area contributed by atoms with Gasteiger partial charge in [-0.1, -0.05) is 0 Å². The van der Waals surface area contributed by atoms with E-state index in [-0.39, 0.29) is 29.9 Å². The second-order valence-corrected chi connectivity index (χ2v) is 6.81. The van der Waals surface area contributed by atoms with Gasteiger partial charge in [-0.25, -0.2) is 0 Å². The van der Waals surface area contributed by atoms with Gasteiger partial charge in [-0.15, -0.1) is 24.0 Å². The molecule has 1 N–H and O–H groups in total. The van der Waals surface area contributed by atoms with Crippen molar-refractivity contribution in [1.82, 2.24) is 20.0 Å². The zero-order valence-corrected chi connectivity index (χ0v) is 18.4. The van der Waals surface area contributed by atoms with Crippen molar-refractivity contribution in [3.8, 4) is 0 Å². The highest BCUT2D eigenvalue weighted by atomic mass is 127. The van der Waals surface area contributed by atoms with Crippen LogP contribution in [0.4, 0.5) is 13.2 Å². The number of nitrogens with zero attached hydrogens (tertiary/aromatic N) is 4. The summed E-state index contributed by atoms with van der Waals surface area (Å²) in [6.07, 6.45) is -1.69. The molecule has 27 heavy (non-hydrogen) atoms. The van der Waals surface area contributed by atoms with E-state index in [1.54, 1.807) is 0 Å². The average Bonchev–Trinajstić information content (AvgIpc) is 3.14. The Morgan fingerprint density at radius 2 is 1.67 bits per heavy atom. The molecule has 2 heterocycles. The van der Waals surface area contributed by atoms with Crippen LogP contribution in [0.25, 0.3) is 0 Å². The van der Waals surface area contributed by atoms with E-state index in [9.17, 15) is 18.0 Å². The highest BCUT2D eigenvalue weighted by Gasteiger charge is 2.41. The maximum atomic E-state index is 12.9. The topological polar surface area (TPSA) is 51.2 Å². The van der Waals surface area contributed by atoms with Gasteiger partial charge in [0.05, 0.1) is 6.54 Å². The van der Waals surface area contributed by atoms with Crippen molar-refractivity contribution in [2.45, 2.75) is 45.3 Å². The number of piperazine rings is 1. The molecule has 0 aromatic carbocycles. The molecule has 158 valence electrons. The molecule has 2 rings (SSSR count). The summed E-state index contributed by atoms with van der Waals surface area (Å²) in [6.45, 7) is 7.58. The lowest BCUT2D eigenvalue weighted by molar-refractivity contribution is -0.181. The number of halogens is 4. The minimum absolute atomic E-state index is 0. The minimum Gasteiger partial charge on any atom is -0.357 e. The molecule has 0 saturated carbocycles. The lowest BCUT2D eigenvalue weighted by Gasteiger charge is -2.39. The van der Waals surface area contributed by atoms with E-state index < -0.39 is 12.2 Å². The van der Waals surface area contributed by atoms with Crippen molar-refractivity contribution < 1.29 is 18.0 Å². The first-order chi connectivity index (χ1) is 12.3. The fourth-order valence-electron chi connectivity index (χ4n) is 3.34. The van der Waals surface area contributed by atoms with Gasteiger partial charge in [0.1, 0.15) is 6.04 Å². The van der Waals surface area contributed by atoms with Crippen LogP contribution in [0.3, 0.4) is 0 Å². The maximum absolute atomic E-state index is 12.9. The molecule has 0 spiro atoms. The number of aliphatic imine (C=N–C) groups is 1. The molecule has 1 unspecified atom stereocenters. The Morgan fingerprint density at radius 3 is 2.19 bits per heavy atom. The van der Waals surface area contributed by atoms with E-state index in [0.717, 1.165) is 25.9 Å². The van der Waals surface area contributed by atoms with Gasteiger partial charge in [0, 0.05) is 52.2 Å². The summed E-state index contributed by atoms with van der Waals surface area (Å²) < 4.78 is 38.6. The predicted octanol–water partition coefficient (Wildman–Crippen LogP) is 2.15. The van der Waals surface area contributed by atoms with Crippen molar-refractivity contribution in [2.75, 3.05) is 52.4 Å². The van der Waals surface area contributed by atoms with Crippen LogP contribution in [0.15, 0.2) is 4.99 Å². The number of nitrogens with one attached hydrogen (secondary N) is 1. The van der Waals surface area contributed by atoms with Gasteiger partial charge in [-0.3, -0.25) is 14.7 Å². The smallest absolute Gasteiger partial charge is 0.357 e. The van der Waals surface area contributed by atoms with Gasteiger partial charge >= 0.3 is 6.18 Å². The second-order valence-electron chi connectivity index (χ2n) is 6.81. The first-order valence-corrected chi connectivity index (χ1v) is 9.44. The Kier molecular flexibility index (Phi) is 10.1. The molecular formula is C17H31F3IN5O. The van der Waals surface area contributed by atoms with Crippen molar-refractivity contribution in [1.29, 1.82) is 0 Å². The largest absolute Gasteiger partial charge is 0.403 e. The van der Waals surface area contributed by atoms with Crippen molar-refractivity contribution >= 4 is 35.8 Å². The normalized spacial score (nSPS) is 20.4. The Labute approximate surface area is 176 Å². The van der Waals surface area contributed by atoms with Crippen LogP contribution in [0.5, 0.6) is 0 Å². The van der Waals surface area contributed by atoms with Gasteiger partial charge in [-0.2, -0.15) is 13.2 Å². The van der Waals surface area contributed by atoms with E-state index in [2.05, 4.69) is 10.3 Å². The van der Waals surface area contributed by atoms with Gasteiger partial charge in [-0.05, 0) is 26.7 Å². The fourth-order valence-corrected chi connectivity index (χ4v) is 3.34. The van der Waals surface area contributed by atoms with Gasteiger partial charge < -0.3 is 15.1 Å². The number of likely N-dealkylation sites (tertiary alicyclic amines) is 1. The lowest BCUT2D eigenvalue weighted by atomic mass is 10.2. The van der Waals surface area contributed by atoms with E-state index >= 15 is 0 Å². The van der Waals surface area contributed by atoms with Gasteiger partial charge in [0.25, 0.3) is 0 Å². The van der Waals surface area contributed by atoms with Gasteiger partial charge in [0.2, 0.25) is 5.91 Å². The number of hydrogen-bond acceptors (Lipinski definition) is 3. The lowest BCUT2D eigenvalue weighted by Crippen LogP contribution is -2.56. The summed E-state index contributed by atoms with van der Waals surface area (Å²) in [5, 5.41) is 3.18.